The number of thiophene rings is 1. The van der Waals surface area contributed by atoms with Gasteiger partial charge in [-0.25, -0.2) is 4.39 Å². The Morgan fingerprint density at radius 1 is 1.35 bits per heavy atom. The second-order valence-corrected chi connectivity index (χ2v) is 5.42. The number of H-pyrrole nitrogens is 1. The van der Waals surface area contributed by atoms with Crippen LogP contribution in [0.15, 0.2) is 18.5 Å². The fraction of sp³-hybridized carbons (Fsp3) is 0.417. The maximum absolute atomic E-state index is 13.9. The third-order valence-corrected chi connectivity index (χ3v) is 4.53. The molecule has 0 atom stereocenters. The predicted molar refractivity (Wildman–Crippen MR) is 66.7 cm³/mol. The number of aromatic amines is 1. The Morgan fingerprint density at radius 3 is 2.88 bits per heavy atom. The van der Waals surface area contributed by atoms with Crippen LogP contribution in [0, 0.1) is 5.82 Å². The fourth-order valence-corrected chi connectivity index (χ4v) is 3.46. The van der Waals surface area contributed by atoms with E-state index in [2.05, 4.69) is 15.5 Å². The van der Waals surface area contributed by atoms with Gasteiger partial charge in [-0.1, -0.05) is 0 Å². The number of halogens is 1. The van der Waals surface area contributed by atoms with Crippen molar-refractivity contribution in [1.82, 2.24) is 15.5 Å². The monoisotopic (exact) mass is 251 g/mol. The van der Waals surface area contributed by atoms with Crippen LogP contribution in [0.1, 0.15) is 23.6 Å². The number of nitrogens with zero attached hydrogens (tertiary/aromatic N) is 1. The van der Waals surface area contributed by atoms with E-state index in [0.29, 0.717) is 5.92 Å². The third-order valence-electron chi connectivity index (χ3n) is 3.21. The van der Waals surface area contributed by atoms with Gasteiger partial charge in [0.2, 0.25) is 0 Å². The molecule has 2 N–H and O–H groups in total. The van der Waals surface area contributed by atoms with Gasteiger partial charge in [0.25, 0.3) is 0 Å². The zero-order valence-corrected chi connectivity index (χ0v) is 10.2. The zero-order chi connectivity index (χ0) is 11.7. The van der Waals surface area contributed by atoms with Gasteiger partial charge in [-0.2, -0.15) is 5.10 Å². The van der Waals surface area contributed by atoms with Crippen LogP contribution in [0.2, 0.25) is 0 Å². The van der Waals surface area contributed by atoms with Crippen molar-refractivity contribution in [1.29, 1.82) is 0 Å². The molecule has 3 rings (SSSR count). The van der Waals surface area contributed by atoms with Gasteiger partial charge in [-0.15, -0.1) is 11.3 Å². The van der Waals surface area contributed by atoms with Crippen molar-refractivity contribution in [2.24, 2.45) is 0 Å². The summed E-state index contributed by atoms with van der Waals surface area (Å²) in [7, 11) is 0. The second kappa shape index (κ2) is 4.58. The number of aromatic nitrogens is 2. The predicted octanol–water partition coefficient (Wildman–Crippen LogP) is 2.74. The van der Waals surface area contributed by atoms with Gasteiger partial charge >= 0.3 is 0 Å². The number of nitrogens with one attached hydrogen (secondary N) is 2. The highest BCUT2D eigenvalue weighted by molar-refractivity contribution is 7.15. The molecule has 90 valence electrons. The van der Waals surface area contributed by atoms with Crippen molar-refractivity contribution in [3.05, 3.63) is 29.2 Å². The summed E-state index contributed by atoms with van der Waals surface area (Å²) < 4.78 is 13.9. The highest BCUT2D eigenvalue weighted by Gasteiger charge is 2.21. The molecule has 1 aliphatic rings. The van der Waals surface area contributed by atoms with E-state index in [0.717, 1.165) is 41.2 Å². The molecule has 1 saturated heterocycles. The first-order valence-corrected chi connectivity index (χ1v) is 6.65. The average Bonchev–Trinajstić information content (AvgIpc) is 2.99. The molecule has 3 nitrogen and oxygen atoms in total. The van der Waals surface area contributed by atoms with Crippen LogP contribution in [0.4, 0.5) is 4.39 Å². The van der Waals surface area contributed by atoms with E-state index in [1.54, 1.807) is 29.8 Å². The van der Waals surface area contributed by atoms with E-state index >= 15 is 0 Å². The van der Waals surface area contributed by atoms with Gasteiger partial charge in [0.1, 0.15) is 5.82 Å². The minimum atomic E-state index is -0.0573. The highest BCUT2D eigenvalue weighted by Crippen LogP contribution is 2.37. The number of hydrogen-bond acceptors (Lipinski definition) is 3. The van der Waals surface area contributed by atoms with Gasteiger partial charge < -0.3 is 5.32 Å². The van der Waals surface area contributed by atoms with Crippen molar-refractivity contribution in [3.8, 4) is 10.4 Å². The normalized spacial score (nSPS) is 17.5. The van der Waals surface area contributed by atoms with Crippen LogP contribution in [0.25, 0.3) is 10.4 Å². The quantitative estimate of drug-likeness (QED) is 0.861. The topological polar surface area (TPSA) is 40.7 Å². The van der Waals surface area contributed by atoms with Crippen LogP contribution in [0.3, 0.4) is 0 Å². The summed E-state index contributed by atoms with van der Waals surface area (Å²) in [6.07, 6.45) is 5.60. The SMILES string of the molecule is Fc1cc(-c2cn[nH]c2)sc1C1CCNCC1. The number of hydrogen-bond donors (Lipinski definition) is 2. The van der Waals surface area contributed by atoms with Gasteiger partial charge in [-0.05, 0) is 37.9 Å². The van der Waals surface area contributed by atoms with E-state index in [9.17, 15) is 4.39 Å². The highest BCUT2D eigenvalue weighted by atomic mass is 32.1. The molecule has 0 aromatic carbocycles. The summed E-state index contributed by atoms with van der Waals surface area (Å²) in [5, 5.41) is 9.97. The van der Waals surface area contributed by atoms with Crippen molar-refractivity contribution < 1.29 is 4.39 Å². The molecule has 0 spiro atoms. The maximum atomic E-state index is 13.9. The van der Waals surface area contributed by atoms with Gasteiger partial charge in [0, 0.05) is 21.5 Å². The lowest BCUT2D eigenvalue weighted by Crippen LogP contribution is -2.26. The molecule has 2 aromatic heterocycles. The lowest BCUT2D eigenvalue weighted by Gasteiger charge is -2.21. The molecule has 0 unspecified atom stereocenters. The van der Waals surface area contributed by atoms with Crippen molar-refractivity contribution in [2.45, 2.75) is 18.8 Å². The second-order valence-electron chi connectivity index (χ2n) is 4.33. The first-order chi connectivity index (χ1) is 8.34. The summed E-state index contributed by atoms with van der Waals surface area (Å²) >= 11 is 1.56. The van der Waals surface area contributed by atoms with Crippen LogP contribution >= 0.6 is 11.3 Å². The zero-order valence-electron chi connectivity index (χ0n) is 9.37. The Kier molecular flexibility index (Phi) is 2.94. The lowest BCUT2D eigenvalue weighted by molar-refractivity contribution is 0.452. The molecular weight excluding hydrogens is 237 g/mol. The summed E-state index contributed by atoms with van der Waals surface area (Å²) in [5.41, 5.74) is 0.967. The van der Waals surface area contributed by atoms with Crippen LogP contribution in [-0.2, 0) is 0 Å². The van der Waals surface area contributed by atoms with Crippen molar-refractivity contribution in [2.75, 3.05) is 13.1 Å². The average molecular weight is 251 g/mol. The summed E-state index contributed by atoms with van der Waals surface area (Å²) in [5.74, 6) is 0.319. The summed E-state index contributed by atoms with van der Waals surface area (Å²) in [4.78, 5) is 1.87. The molecule has 1 aliphatic heterocycles. The van der Waals surface area contributed by atoms with Gasteiger partial charge in [-0.3, -0.25) is 5.10 Å². The van der Waals surface area contributed by atoms with Crippen LogP contribution in [0.5, 0.6) is 0 Å². The lowest BCUT2D eigenvalue weighted by atomic mass is 9.96. The molecule has 3 heterocycles. The van der Waals surface area contributed by atoms with E-state index < -0.39 is 0 Å². The Labute approximate surface area is 103 Å². The molecule has 0 aliphatic carbocycles. The summed E-state index contributed by atoms with van der Waals surface area (Å²) in [6.45, 7) is 1.98. The first-order valence-electron chi connectivity index (χ1n) is 5.83. The van der Waals surface area contributed by atoms with Crippen LogP contribution in [-0.4, -0.2) is 23.3 Å². The molecule has 0 amide bonds. The largest absolute Gasteiger partial charge is 0.317 e. The van der Waals surface area contributed by atoms with Crippen molar-refractivity contribution >= 4 is 11.3 Å². The number of piperidine rings is 1. The molecule has 0 saturated carbocycles. The Hall–Kier alpha value is -1.20. The summed E-state index contributed by atoms with van der Waals surface area (Å²) in [6, 6.07) is 1.63. The minimum absolute atomic E-state index is 0.0573. The molecule has 1 fully saturated rings. The van der Waals surface area contributed by atoms with E-state index in [1.165, 1.54) is 0 Å². The minimum Gasteiger partial charge on any atom is -0.317 e. The molecule has 0 bridgehead atoms. The van der Waals surface area contributed by atoms with Gasteiger partial charge in [0.15, 0.2) is 0 Å². The smallest absolute Gasteiger partial charge is 0.138 e. The molecule has 5 heteroatoms. The van der Waals surface area contributed by atoms with Crippen LogP contribution < -0.4 is 5.32 Å². The molecular formula is C12H14FN3S. The Balaban J connectivity index is 1.90. The molecule has 17 heavy (non-hydrogen) atoms. The fourth-order valence-electron chi connectivity index (χ4n) is 2.27. The van der Waals surface area contributed by atoms with E-state index in [4.69, 9.17) is 0 Å². The van der Waals surface area contributed by atoms with E-state index in [1.807, 2.05) is 0 Å². The molecule has 2 aromatic rings. The maximum Gasteiger partial charge on any atom is 0.138 e. The molecule has 0 radical (unpaired) electrons. The standard InChI is InChI=1S/C12H14FN3S/c13-10-5-11(9-6-15-16-7-9)17-12(10)8-1-3-14-4-2-8/h5-8,14H,1-4H2,(H,15,16). The Morgan fingerprint density at radius 2 is 2.18 bits per heavy atom. The number of rotatable bonds is 2. The van der Waals surface area contributed by atoms with Gasteiger partial charge in [0.05, 0.1) is 6.20 Å². The van der Waals surface area contributed by atoms with Crippen molar-refractivity contribution in [3.63, 3.8) is 0 Å². The Bertz CT molecular complexity index is 486. The van der Waals surface area contributed by atoms with E-state index in [-0.39, 0.29) is 5.82 Å². The third kappa shape index (κ3) is 2.12. The first kappa shape index (κ1) is 10.9.